The van der Waals surface area contributed by atoms with Gasteiger partial charge in [0, 0.05) is 10.5 Å². The highest BCUT2D eigenvalue weighted by Crippen LogP contribution is 2.00. The van der Waals surface area contributed by atoms with Crippen molar-refractivity contribution in [2.75, 3.05) is 6.61 Å². The van der Waals surface area contributed by atoms with Crippen molar-refractivity contribution >= 4 is 22.6 Å². The molecule has 1 atom stereocenters. The molecular weight excluding hydrogens is 191 g/mol. The summed E-state index contributed by atoms with van der Waals surface area (Å²) in [7, 11) is 0. The Morgan fingerprint density at radius 1 is 1.83 bits per heavy atom. The molecule has 0 aliphatic heterocycles. The minimum Gasteiger partial charge on any atom is -0.396 e. The van der Waals surface area contributed by atoms with Crippen LogP contribution < -0.4 is 0 Å². The summed E-state index contributed by atoms with van der Waals surface area (Å²) in [5.74, 6) is 0. The molecule has 1 nitrogen and oxygen atoms in total. The van der Waals surface area contributed by atoms with E-state index in [1.54, 1.807) is 0 Å². The molecule has 0 amide bonds. The van der Waals surface area contributed by atoms with E-state index in [1.165, 1.54) is 0 Å². The van der Waals surface area contributed by atoms with E-state index in [0.29, 0.717) is 10.5 Å². The van der Waals surface area contributed by atoms with Crippen molar-refractivity contribution in [2.24, 2.45) is 0 Å². The fourth-order valence-electron chi connectivity index (χ4n) is 0.178. The molecule has 0 aliphatic carbocycles. The summed E-state index contributed by atoms with van der Waals surface area (Å²) in [6, 6.07) is 0. The molecule has 1 N–H and O–H groups in total. The molecule has 2 heteroatoms. The molecule has 0 fully saturated rings. The van der Waals surface area contributed by atoms with Gasteiger partial charge in [-0.05, 0) is 6.42 Å². The van der Waals surface area contributed by atoms with E-state index < -0.39 is 0 Å². The molecule has 0 saturated heterocycles. The highest BCUT2D eigenvalue weighted by Gasteiger charge is 1.88. The monoisotopic (exact) mass is 200 g/mol. The minimum atomic E-state index is 0.324. The van der Waals surface area contributed by atoms with Gasteiger partial charge in [0.15, 0.2) is 0 Å². The van der Waals surface area contributed by atoms with E-state index in [1.807, 2.05) is 0 Å². The molecule has 6 heavy (non-hydrogen) atoms. The smallest absolute Gasteiger partial charge is 0.0440 e. The Bertz CT molecular complexity index is 28.7. The quantitative estimate of drug-likeness (QED) is 0.524. The molecule has 0 bridgehead atoms. The van der Waals surface area contributed by atoms with Crippen molar-refractivity contribution < 1.29 is 5.11 Å². The van der Waals surface area contributed by atoms with Crippen LogP contribution in [0.3, 0.4) is 0 Å². The lowest BCUT2D eigenvalue weighted by Gasteiger charge is -1.93. The molecule has 0 aromatic carbocycles. The lowest BCUT2D eigenvalue weighted by atomic mass is 10.4. The van der Waals surface area contributed by atoms with E-state index >= 15 is 0 Å². The van der Waals surface area contributed by atoms with Crippen LogP contribution in [-0.4, -0.2) is 15.6 Å². The Morgan fingerprint density at radius 2 is 2.33 bits per heavy atom. The Morgan fingerprint density at radius 3 is 2.33 bits per heavy atom. The predicted octanol–water partition coefficient (Wildman–Crippen LogP) is 1.19. The third kappa shape index (κ3) is 4.69. The molecule has 0 radical (unpaired) electrons. The van der Waals surface area contributed by atoms with Gasteiger partial charge in [-0.15, -0.1) is 0 Å². The molecule has 0 aliphatic rings. The third-order valence-corrected chi connectivity index (χ3v) is 1.15. The first-order valence-electron chi connectivity index (χ1n) is 2.02. The Balaban J connectivity index is 2.63. The van der Waals surface area contributed by atoms with Crippen LogP contribution >= 0.6 is 22.6 Å². The number of hydrogen-bond acceptors (Lipinski definition) is 1. The maximum absolute atomic E-state index is 8.23. The summed E-state index contributed by atoms with van der Waals surface area (Å²) in [6.45, 7) is 2.40. The van der Waals surface area contributed by atoms with Crippen LogP contribution in [-0.2, 0) is 0 Å². The predicted molar refractivity (Wildman–Crippen MR) is 35.2 cm³/mol. The summed E-state index contributed by atoms with van der Waals surface area (Å²) >= 11 is 2.28. The lowest BCUT2D eigenvalue weighted by Crippen LogP contribution is -1.92. The molecule has 0 rings (SSSR count). The van der Waals surface area contributed by atoms with Gasteiger partial charge in [0.05, 0.1) is 0 Å². The van der Waals surface area contributed by atoms with Gasteiger partial charge in [0.25, 0.3) is 0 Å². The SMILES string of the molecule is C[C@@H](I)CCO. The van der Waals surface area contributed by atoms with Gasteiger partial charge in [0.2, 0.25) is 0 Å². The van der Waals surface area contributed by atoms with E-state index in [4.69, 9.17) is 5.11 Å². The van der Waals surface area contributed by atoms with E-state index in [0.717, 1.165) is 6.42 Å². The first-order valence-corrected chi connectivity index (χ1v) is 3.27. The van der Waals surface area contributed by atoms with Gasteiger partial charge in [-0.3, -0.25) is 0 Å². The van der Waals surface area contributed by atoms with Crippen molar-refractivity contribution in [1.82, 2.24) is 0 Å². The maximum atomic E-state index is 8.23. The van der Waals surface area contributed by atoms with Crippen molar-refractivity contribution in [3.63, 3.8) is 0 Å². The number of alkyl halides is 1. The number of aliphatic hydroxyl groups is 1. The minimum absolute atomic E-state index is 0.324. The van der Waals surface area contributed by atoms with Gasteiger partial charge in [0.1, 0.15) is 0 Å². The maximum Gasteiger partial charge on any atom is 0.0440 e. The zero-order valence-corrected chi connectivity index (χ0v) is 5.97. The number of aliphatic hydroxyl groups excluding tert-OH is 1. The average Bonchev–Trinajstić information content (AvgIpc) is 1.35. The number of halogens is 1. The zero-order valence-electron chi connectivity index (χ0n) is 3.82. The number of rotatable bonds is 2. The molecule has 0 unspecified atom stereocenters. The summed E-state index contributed by atoms with van der Waals surface area (Å²) < 4.78 is 0.618. The highest BCUT2D eigenvalue weighted by atomic mass is 127. The van der Waals surface area contributed by atoms with E-state index in [9.17, 15) is 0 Å². The van der Waals surface area contributed by atoms with Crippen molar-refractivity contribution in [3.8, 4) is 0 Å². The van der Waals surface area contributed by atoms with E-state index in [-0.39, 0.29) is 0 Å². The molecule has 0 heterocycles. The Kier molecular flexibility index (Phi) is 4.31. The zero-order chi connectivity index (χ0) is 4.99. The summed E-state index contributed by atoms with van der Waals surface area (Å²) in [6.07, 6.45) is 0.917. The summed E-state index contributed by atoms with van der Waals surface area (Å²) in [5, 5.41) is 8.23. The standard InChI is InChI=1S/C4H9IO/c1-4(5)2-3-6/h4,6H,2-3H2,1H3/t4-/m1/s1. The first-order chi connectivity index (χ1) is 2.77. The number of hydrogen-bond donors (Lipinski definition) is 1. The molecule has 0 spiro atoms. The fraction of sp³-hybridized carbons (Fsp3) is 1.00. The molecule has 0 aromatic rings. The lowest BCUT2D eigenvalue weighted by molar-refractivity contribution is 0.290. The highest BCUT2D eigenvalue weighted by molar-refractivity contribution is 14.1. The largest absolute Gasteiger partial charge is 0.396 e. The van der Waals surface area contributed by atoms with Crippen molar-refractivity contribution in [1.29, 1.82) is 0 Å². The van der Waals surface area contributed by atoms with Gasteiger partial charge in [-0.25, -0.2) is 0 Å². The van der Waals surface area contributed by atoms with Crippen LogP contribution in [0.5, 0.6) is 0 Å². The fourth-order valence-corrected chi connectivity index (χ4v) is 0.456. The summed E-state index contributed by atoms with van der Waals surface area (Å²) in [4.78, 5) is 0. The second-order valence-corrected chi connectivity index (χ2v) is 3.42. The topological polar surface area (TPSA) is 20.2 Å². The molecular formula is C4H9IO. The molecule has 0 saturated carbocycles. The van der Waals surface area contributed by atoms with Crippen LogP contribution in [0, 0.1) is 0 Å². The Hall–Kier alpha value is 0.690. The van der Waals surface area contributed by atoms with Crippen LogP contribution in [0.25, 0.3) is 0 Å². The first kappa shape index (κ1) is 6.69. The van der Waals surface area contributed by atoms with Crippen LogP contribution in [0.4, 0.5) is 0 Å². The molecule has 38 valence electrons. The van der Waals surface area contributed by atoms with Crippen LogP contribution in [0.1, 0.15) is 13.3 Å². The van der Waals surface area contributed by atoms with Gasteiger partial charge < -0.3 is 5.11 Å². The van der Waals surface area contributed by atoms with Gasteiger partial charge >= 0.3 is 0 Å². The van der Waals surface area contributed by atoms with Crippen LogP contribution in [0.15, 0.2) is 0 Å². The van der Waals surface area contributed by atoms with Gasteiger partial charge in [-0.2, -0.15) is 0 Å². The van der Waals surface area contributed by atoms with E-state index in [2.05, 4.69) is 29.5 Å². The normalized spacial score (nSPS) is 14.5. The second kappa shape index (κ2) is 3.87. The van der Waals surface area contributed by atoms with Crippen LogP contribution in [0.2, 0.25) is 0 Å². The van der Waals surface area contributed by atoms with Crippen molar-refractivity contribution in [3.05, 3.63) is 0 Å². The Labute approximate surface area is 51.9 Å². The molecule has 0 aromatic heterocycles. The third-order valence-electron chi connectivity index (χ3n) is 0.527. The van der Waals surface area contributed by atoms with Crippen molar-refractivity contribution in [2.45, 2.75) is 17.3 Å². The summed E-state index contributed by atoms with van der Waals surface area (Å²) in [5.41, 5.74) is 0. The second-order valence-electron chi connectivity index (χ2n) is 1.29. The average molecular weight is 200 g/mol. The van der Waals surface area contributed by atoms with Gasteiger partial charge in [-0.1, -0.05) is 29.5 Å².